The molecular weight excluding hydrogens is 458 g/mol. The van der Waals surface area contributed by atoms with Crippen molar-refractivity contribution in [3.63, 3.8) is 0 Å². The lowest BCUT2D eigenvalue weighted by Crippen LogP contribution is -2.56. The highest BCUT2D eigenvalue weighted by molar-refractivity contribution is 7.89. The number of aromatic nitrogens is 1. The SMILES string of the molecule is Cc1cccc(C(=O)N2CCN(S(=O)(=O)c3c(C)noc3C)C2C(=O)NC2CCC(N)CC2)c1. The van der Waals surface area contributed by atoms with E-state index >= 15 is 0 Å². The van der Waals surface area contributed by atoms with Crippen molar-refractivity contribution in [1.29, 1.82) is 0 Å². The van der Waals surface area contributed by atoms with E-state index in [9.17, 15) is 18.0 Å². The van der Waals surface area contributed by atoms with Crippen molar-refractivity contribution in [3.05, 3.63) is 46.8 Å². The van der Waals surface area contributed by atoms with Crippen molar-refractivity contribution in [2.75, 3.05) is 13.1 Å². The molecule has 0 bridgehead atoms. The number of nitrogens with zero attached hydrogens (tertiary/aromatic N) is 3. The summed E-state index contributed by atoms with van der Waals surface area (Å²) >= 11 is 0. The molecule has 1 aliphatic heterocycles. The van der Waals surface area contributed by atoms with Gasteiger partial charge in [0.25, 0.3) is 21.8 Å². The van der Waals surface area contributed by atoms with Gasteiger partial charge in [0, 0.05) is 30.7 Å². The average Bonchev–Trinajstić information content (AvgIpc) is 3.39. The lowest BCUT2D eigenvalue weighted by Gasteiger charge is -2.32. The summed E-state index contributed by atoms with van der Waals surface area (Å²) in [5.74, 6) is -0.776. The van der Waals surface area contributed by atoms with Crippen molar-refractivity contribution < 1.29 is 22.5 Å². The van der Waals surface area contributed by atoms with Gasteiger partial charge < -0.3 is 20.5 Å². The molecule has 184 valence electrons. The minimum Gasteiger partial charge on any atom is -0.360 e. The van der Waals surface area contributed by atoms with Crippen LogP contribution in [0.3, 0.4) is 0 Å². The number of hydrogen-bond donors (Lipinski definition) is 2. The van der Waals surface area contributed by atoms with Gasteiger partial charge in [-0.1, -0.05) is 22.9 Å². The largest absolute Gasteiger partial charge is 0.360 e. The normalized spacial score (nSPS) is 23.8. The third kappa shape index (κ3) is 4.59. The predicted molar refractivity (Wildman–Crippen MR) is 124 cm³/mol. The van der Waals surface area contributed by atoms with Crippen molar-refractivity contribution in [3.8, 4) is 0 Å². The Kier molecular flexibility index (Phi) is 6.79. The number of rotatable bonds is 5. The molecule has 1 aromatic carbocycles. The highest BCUT2D eigenvalue weighted by atomic mass is 32.2. The fourth-order valence-corrected chi connectivity index (χ4v) is 6.63. The summed E-state index contributed by atoms with van der Waals surface area (Å²) in [5, 5.41) is 6.73. The Hall–Kier alpha value is -2.76. The maximum Gasteiger partial charge on any atom is 0.259 e. The maximum absolute atomic E-state index is 13.6. The fourth-order valence-electron chi connectivity index (χ4n) is 4.79. The molecule has 0 radical (unpaired) electrons. The zero-order valence-corrected chi connectivity index (χ0v) is 20.5. The van der Waals surface area contributed by atoms with Gasteiger partial charge in [0.2, 0.25) is 0 Å². The molecule has 1 aromatic heterocycles. The summed E-state index contributed by atoms with van der Waals surface area (Å²) in [4.78, 5) is 28.2. The van der Waals surface area contributed by atoms with Crippen molar-refractivity contribution in [1.82, 2.24) is 19.7 Å². The van der Waals surface area contributed by atoms with Crippen LogP contribution >= 0.6 is 0 Å². The number of amides is 2. The van der Waals surface area contributed by atoms with Crippen LogP contribution < -0.4 is 11.1 Å². The van der Waals surface area contributed by atoms with Gasteiger partial charge >= 0.3 is 0 Å². The smallest absolute Gasteiger partial charge is 0.259 e. The summed E-state index contributed by atoms with van der Waals surface area (Å²) in [6.07, 6.45) is 1.66. The van der Waals surface area contributed by atoms with E-state index < -0.39 is 28.0 Å². The zero-order chi connectivity index (χ0) is 24.6. The van der Waals surface area contributed by atoms with Gasteiger partial charge in [0.05, 0.1) is 0 Å². The molecule has 2 aromatic rings. The first-order chi connectivity index (χ1) is 16.1. The van der Waals surface area contributed by atoms with Crippen LogP contribution in [-0.4, -0.2) is 65.9 Å². The summed E-state index contributed by atoms with van der Waals surface area (Å²) in [6.45, 7) is 4.99. The van der Waals surface area contributed by atoms with Gasteiger partial charge in [0.15, 0.2) is 11.9 Å². The Labute approximate surface area is 199 Å². The Morgan fingerprint density at radius 3 is 2.44 bits per heavy atom. The molecule has 34 heavy (non-hydrogen) atoms. The highest BCUT2D eigenvalue weighted by Crippen LogP contribution is 2.30. The van der Waals surface area contributed by atoms with Crippen LogP contribution in [-0.2, 0) is 14.8 Å². The molecule has 0 spiro atoms. The van der Waals surface area contributed by atoms with E-state index in [4.69, 9.17) is 10.3 Å². The molecule has 1 unspecified atom stereocenters. The van der Waals surface area contributed by atoms with Crippen LogP contribution in [0.2, 0.25) is 0 Å². The third-order valence-electron chi connectivity index (χ3n) is 6.54. The number of nitrogens with one attached hydrogen (secondary N) is 1. The number of sulfonamides is 1. The van der Waals surface area contributed by atoms with Crippen LogP contribution in [0, 0.1) is 20.8 Å². The first kappa shape index (κ1) is 24.4. The highest BCUT2D eigenvalue weighted by Gasteiger charge is 2.48. The summed E-state index contributed by atoms with van der Waals surface area (Å²) < 4.78 is 33.4. The second-order valence-corrected chi connectivity index (χ2v) is 11.0. The Balaban J connectivity index is 1.68. The van der Waals surface area contributed by atoms with Crippen LogP contribution in [0.5, 0.6) is 0 Å². The van der Waals surface area contributed by atoms with Gasteiger partial charge in [-0.2, -0.15) is 4.31 Å². The second-order valence-electron chi connectivity index (χ2n) is 9.13. The monoisotopic (exact) mass is 489 g/mol. The molecule has 11 heteroatoms. The zero-order valence-electron chi connectivity index (χ0n) is 19.7. The van der Waals surface area contributed by atoms with Gasteiger partial charge in [0.1, 0.15) is 10.6 Å². The standard InChI is InChI=1S/C23H31N5O5S/c1-14-5-4-6-17(13-14)23(30)27-11-12-28(34(31,32)20-15(2)26-33-16(20)3)22(27)21(29)25-19-9-7-18(24)8-10-19/h4-6,13,18-19,22H,7-12,24H2,1-3H3,(H,25,29). The number of hydrogen-bond acceptors (Lipinski definition) is 7. The Morgan fingerprint density at radius 1 is 1.12 bits per heavy atom. The van der Waals surface area contributed by atoms with Crippen LogP contribution in [0.1, 0.15) is 53.1 Å². The van der Waals surface area contributed by atoms with E-state index in [2.05, 4.69) is 10.5 Å². The summed E-state index contributed by atoms with van der Waals surface area (Å²) in [6, 6.07) is 7.01. The van der Waals surface area contributed by atoms with Gasteiger partial charge in [-0.05, 0) is 58.6 Å². The summed E-state index contributed by atoms with van der Waals surface area (Å²) in [7, 11) is -4.15. The molecule has 2 amide bonds. The number of carbonyl (C=O) groups excluding carboxylic acids is 2. The van der Waals surface area contributed by atoms with Crippen molar-refractivity contribution in [2.45, 2.75) is 69.6 Å². The molecule has 1 saturated heterocycles. The number of benzene rings is 1. The minimum absolute atomic E-state index is 0.0163. The van der Waals surface area contributed by atoms with E-state index in [1.807, 2.05) is 13.0 Å². The molecule has 3 N–H and O–H groups in total. The first-order valence-corrected chi connectivity index (χ1v) is 12.9. The molecule has 1 aliphatic carbocycles. The molecule has 2 fully saturated rings. The first-order valence-electron chi connectivity index (χ1n) is 11.5. The topological polar surface area (TPSA) is 139 Å². The molecule has 1 saturated carbocycles. The molecule has 1 atom stereocenters. The van der Waals surface area contributed by atoms with Gasteiger partial charge in [-0.15, -0.1) is 0 Å². The lowest BCUT2D eigenvalue weighted by atomic mass is 9.92. The predicted octanol–water partition coefficient (Wildman–Crippen LogP) is 1.46. The third-order valence-corrected chi connectivity index (χ3v) is 8.64. The molecule has 2 heterocycles. The van der Waals surface area contributed by atoms with Gasteiger partial charge in [-0.3, -0.25) is 9.59 Å². The van der Waals surface area contributed by atoms with E-state index in [1.54, 1.807) is 18.2 Å². The lowest BCUT2D eigenvalue weighted by molar-refractivity contribution is -0.128. The number of carbonyl (C=O) groups is 2. The van der Waals surface area contributed by atoms with Crippen LogP contribution in [0.15, 0.2) is 33.7 Å². The number of nitrogens with two attached hydrogens (primary N) is 1. The maximum atomic E-state index is 13.6. The fraction of sp³-hybridized carbons (Fsp3) is 0.522. The van der Waals surface area contributed by atoms with Gasteiger partial charge in [-0.25, -0.2) is 8.42 Å². The Bertz CT molecular complexity index is 1170. The van der Waals surface area contributed by atoms with E-state index in [1.165, 1.54) is 18.7 Å². The van der Waals surface area contributed by atoms with Crippen molar-refractivity contribution in [2.24, 2.45) is 5.73 Å². The van der Waals surface area contributed by atoms with Crippen molar-refractivity contribution >= 4 is 21.8 Å². The Morgan fingerprint density at radius 2 is 1.82 bits per heavy atom. The van der Waals surface area contributed by atoms with Crippen LogP contribution in [0.4, 0.5) is 0 Å². The molecule has 2 aliphatic rings. The minimum atomic E-state index is -4.15. The quantitative estimate of drug-likeness (QED) is 0.648. The molecular formula is C23H31N5O5S. The second kappa shape index (κ2) is 9.47. The summed E-state index contributed by atoms with van der Waals surface area (Å²) in [5.41, 5.74) is 7.49. The van der Waals surface area contributed by atoms with Crippen LogP contribution in [0.25, 0.3) is 0 Å². The van der Waals surface area contributed by atoms with E-state index in [0.717, 1.165) is 22.7 Å². The van der Waals surface area contributed by atoms with E-state index in [-0.39, 0.29) is 41.5 Å². The van der Waals surface area contributed by atoms with E-state index in [0.29, 0.717) is 18.4 Å². The number of aryl methyl sites for hydroxylation is 3. The average molecular weight is 490 g/mol. The molecule has 10 nitrogen and oxygen atoms in total. The molecule has 4 rings (SSSR count).